The largest absolute Gasteiger partial charge is 0.453 e. The summed E-state index contributed by atoms with van der Waals surface area (Å²) in [4.78, 5) is 52.9. The number of carbonyl (C=O) groups excluding carboxylic acids is 4. The second-order valence-electron chi connectivity index (χ2n) is 9.97. The van der Waals surface area contributed by atoms with E-state index in [1.165, 1.54) is 7.11 Å². The van der Waals surface area contributed by atoms with Crippen LogP contribution in [0, 0.1) is 0 Å². The molecule has 0 radical (unpaired) electrons. The van der Waals surface area contributed by atoms with Crippen LogP contribution in [0.1, 0.15) is 34.3 Å². The first-order valence-corrected chi connectivity index (χ1v) is 13.5. The standard InChI is InChI=1S/C30H29ClN4O6/c1-40-28(38)32-22-11-8-20(9-12-22)26(36)33-25(16-19-6-3-2-4-7-19)27(37)35-15-5-14-30(18-35)23-17-21(31)10-13-24(23)34-29(39)41-30/h2-4,6-13,17,25H,5,14-16,18H2,1H3,(H,32,38)(H,33,36)(H,34,39)/t25-,30+/m0/s1. The van der Waals surface area contributed by atoms with Gasteiger partial charge in [0.15, 0.2) is 5.60 Å². The van der Waals surface area contributed by atoms with Crippen molar-refractivity contribution in [2.24, 2.45) is 0 Å². The molecule has 1 spiro atoms. The van der Waals surface area contributed by atoms with Crippen molar-refractivity contribution >= 4 is 47.0 Å². The van der Waals surface area contributed by atoms with Gasteiger partial charge in [0, 0.05) is 34.8 Å². The first kappa shape index (κ1) is 28.0. The Kier molecular flexibility index (Phi) is 8.11. The molecule has 212 valence electrons. The molecule has 11 heteroatoms. The van der Waals surface area contributed by atoms with Crippen molar-refractivity contribution in [3.63, 3.8) is 0 Å². The van der Waals surface area contributed by atoms with Crippen LogP contribution in [0.5, 0.6) is 0 Å². The van der Waals surface area contributed by atoms with Gasteiger partial charge >= 0.3 is 12.2 Å². The van der Waals surface area contributed by atoms with E-state index in [1.807, 2.05) is 30.3 Å². The minimum atomic E-state index is -1.06. The fourth-order valence-electron chi connectivity index (χ4n) is 5.27. The van der Waals surface area contributed by atoms with Crippen molar-refractivity contribution in [2.75, 3.05) is 30.8 Å². The molecule has 4 amide bonds. The average Bonchev–Trinajstić information content (AvgIpc) is 2.97. The molecule has 2 aliphatic heterocycles. The van der Waals surface area contributed by atoms with Crippen LogP contribution in [-0.2, 0) is 26.3 Å². The number of nitrogens with one attached hydrogen (secondary N) is 3. The number of piperidine rings is 1. The number of ether oxygens (including phenoxy) is 2. The van der Waals surface area contributed by atoms with Crippen molar-refractivity contribution in [3.8, 4) is 0 Å². The summed E-state index contributed by atoms with van der Waals surface area (Å²) in [5.74, 6) is -0.732. The van der Waals surface area contributed by atoms with Crippen LogP contribution in [0.2, 0.25) is 5.02 Å². The first-order valence-electron chi connectivity index (χ1n) is 13.1. The molecule has 0 bridgehead atoms. The number of anilines is 2. The minimum Gasteiger partial charge on any atom is -0.453 e. The summed E-state index contributed by atoms with van der Waals surface area (Å²) in [6, 6.07) is 19.9. The summed E-state index contributed by atoms with van der Waals surface area (Å²) >= 11 is 6.29. The van der Waals surface area contributed by atoms with Gasteiger partial charge in [0.2, 0.25) is 5.91 Å². The van der Waals surface area contributed by atoms with Gasteiger partial charge in [0.1, 0.15) is 6.04 Å². The molecule has 2 aliphatic rings. The van der Waals surface area contributed by atoms with Gasteiger partial charge in [-0.1, -0.05) is 41.9 Å². The average molecular weight is 577 g/mol. The Labute approximate surface area is 241 Å². The van der Waals surface area contributed by atoms with Gasteiger partial charge < -0.3 is 19.7 Å². The molecule has 1 saturated heterocycles. The molecular weight excluding hydrogens is 548 g/mol. The van der Waals surface area contributed by atoms with E-state index in [4.69, 9.17) is 16.3 Å². The lowest BCUT2D eigenvalue weighted by molar-refractivity contribution is -0.141. The van der Waals surface area contributed by atoms with Crippen LogP contribution in [0.15, 0.2) is 72.8 Å². The number of rotatable bonds is 6. The third-order valence-electron chi connectivity index (χ3n) is 7.23. The van der Waals surface area contributed by atoms with Crippen molar-refractivity contribution in [2.45, 2.75) is 30.9 Å². The van der Waals surface area contributed by atoms with E-state index in [2.05, 4.69) is 20.7 Å². The van der Waals surface area contributed by atoms with Crippen LogP contribution >= 0.6 is 11.6 Å². The topological polar surface area (TPSA) is 126 Å². The molecule has 41 heavy (non-hydrogen) atoms. The highest BCUT2D eigenvalue weighted by atomic mass is 35.5. The van der Waals surface area contributed by atoms with Gasteiger partial charge in [0.05, 0.1) is 19.3 Å². The zero-order chi connectivity index (χ0) is 29.0. The van der Waals surface area contributed by atoms with Crippen molar-refractivity contribution in [1.29, 1.82) is 0 Å². The van der Waals surface area contributed by atoms with E-state index in [9.17, 15) is 19.2 Å². The monoisotopic (exact) mass is 576 g/mol. The molecule has 5 rings (SSSR count). The van der Waals surface area contributed by atoms with Gasteiger partial charge in [-0.15, -0.1) is 0 Å². The lowest BCUT2D eigenvalue weighted by Gasteiger charge is -2.45. The summed E-state index contributed by atoms with van der Waals surface area (Å²) in [5, 5.41) is 8.63. The zero-order valence-corrected chi connectivity index (χ0v) is 23.1. The van der Waals surface area contributed by atoms with Gasteiger partial charge in [-0.25, -0.2) is 9.59 Å². The third-order valence-corrected chi connectivity index (χ3v) is 7.46. The molecule has 10 nitrogen and oxygen atoms in total. The number of likely N-dealkylation sites (tertiary alicyclic amines) is 1. The lowest BCUT2D eigenvalue weighted by atomic mass is 9.83. The van der Waals surface area contributed by atoms with Crippen LogP contribution in [-0.4, -0.2) is 55.1 Å². The Morgan fingerprint density at radius 1 is 1.10 bits per heavy atom. The summed E-state index contributed by atoms with van der Waals surface area (Å²) in [6.45, 7) is 0.568. The normalized spacial score (nSPS) is 18.4. The van der Waals surface area contributed by atoms with Crippen LogP contribution in [0.3, 0.4) is 0 Å². The summed E-state index contributed by atoms with van der Waals surface area (Å²) in [7, 11) is 1.26. The van der Waals surface area contributed by atoms with Crippen molar-refractivity contribution in [1.82, 2.24) is 10.2 Å². The maximum atomic E-state index is 14.0. The van der Waals surface area contributed by atoms with E-state index in [-0.39, 0.29) is 18.9 Å². The molecule has 2 heterocycles. The van der Waals surface area contributed by atoms with E-state index in [1.54, 1.807) is 47.4 Å². The minimum absolute atomic E-state index is 0.127. The van der Waals surface area contributed by atoms with Crippen molar-refractivity contribution < 1.29 is 28.7 Å². The predicted octanol–water partition coefficient (Wildman–Crippen LogP) is 4.94. The van der Waals surface area contributed by atoms with E-state index in [0.29, 0.717) is 46.9 Å². The summed E-state index contributed by atoms with van der Waals surface area (Å²) in [6.07, 6.45) is 0.165. The number of nitrogens with zero attached hydrogens (tertiary/aromatic N) is 1. The van der Waals surface area contributed by atoms with E-state index >= 15 is 0 Å². The molecule has 0 saturated carbocycles. The molecule has 3 N–H and O–H groups in total. The third kappa shape index (κ3) is 6.28. The SMILES string of the molecule is COC(=O)Nc1ccc(C(=O)N[C@@H](Cc2ccccc2)C(=O)N2CCC[C@]3(C2)OC(=O)Nc2ccc(Cl)cc23)cc1. The number of carbonyl (C=O) groups is 4. The molecule has 0 aliphatic carbocycles. The van der Waals surface area contributed by atoms with Crippen LogP contribution < -0.4 is 16.0 Å². The Morgan fingerprint density at radius 3 is 2.59 bits per heavy atom. The quantitative estimate of drug-likeness (QED) is 0.382. The number of fused-ring (bicyclic) bond motifs is 2. The van der Waals surface area contributed by atoms with Crippen molar-refractivity contribution in [3.05, 3.63) is 94.5 Å². The molecule has 0 unspecified atom stereocenters. The zero-order valence-electron chi connectivity index (χ0n) is 22.3. The number of methoxy groups -OCH3 is 1. The van der Waals surface area contributed by atoms with E-state index in [0.717, 1.165) is 5.56 Å². The van der Waals surface area contributed by atoms with Crippen LogP contribution in [0.4, 0.5) is 21.0 Å². The fraction of sp³-hybridized carbons (Fsp3) is 0.267. The second-order valence-corrected chi connectivity index (χ2v) is 10.4. The van der Waals surface area contributed by atoms with Gasteiger partial charge in [0.25, 0.3) is 5.91 Å². The number of hydrogen-bond acceptors (Lipinski definition) is 6. The number of hydrogen-bond donors (Lipinski definition) is 3. The Hall–Kier alpha value is -4.57. The molecule has 2 atom stereocenters. The van der Waals surface area contributed by atoms with Gasteiger partial charge in [-0.2, -0.15) is 0 Å². The van der Waals surface area contributed by atoms with Gasteiger partial charge in [-0.3, -0.25) is 20.2 Å². The lowest BCUT2D eigenvalue weighted by Crippen LogP contribution is -2.57. The molecule has 0 aromatic heterocycles. The Balaban J connectivity index is 1.38. The summed E-state index contributed by atoms with van der Waals surface area (Å²) < 4.78 is 10.4. The van der Waals surface area contributed by atoms with Gasteiger partial charge in [-0.05, 0) is 60.9 Å². The highest BCUT2D eigenvalue weighted by Gasteiger charge is 2.47. The van der Waals surface area contributed by atoms with Crippen LogP contribution in [0.25, 0.3) is 0 Å². The number of amides is 4. The second kappa shape index (κ2) is 11.9. The number of benzene rings is 3. The molecule has 3 aromatic carbocycles. The highest BCUT2D eigenvalue weighted by molar-refractivity contribution is 6.30. The molecule has 1 fully saturated rings. The summed E-state index contributed by atoms with van der Waals surface area (Å²) in [5.41, 5.74) is 1.91. The fourth-order valence-corrected chi connectivity index (χ4v) is 5.44. The predicted molar refractivity (Wildman–Crippen MR) is 153 cm³/mol. The van der Waals surface area contributed by atoms with E-state index < -0.39 is 29.7 Å². The Morgan fingerprint density at radius 2 is 1.85 bits per heavy atom. The molecule has 3 aromatic rings. The molecular formula is C30H29ClN4O6. The Bertz CT molecular complexity index is 1470. The maximum Gasteiger partial charge on any atom is 0.412 e. The maximum absolute atomic E-state index is 14.0. The number of halogens is 1. The smallest absolute Gasteiger partial charge is 0.412 e. The first-order chi connectivity index (χ1) is 19.8. The highest BCUT2D eigenvalue weighted by Crippen LogP contribution is 2.43.